The summed E-state index contributed by atoms with van der Waals surface area (Å²) in [6.45, 7) is 17.1. The van der Waals surface area contributed by atoms with Crippen LogP contribution in [0.15, 0.2) is 30.3 Å². The minimum absolute atomic E-state index is 0.0958. The normalized spacial score (nSPS) is 40.4. The van der Waals surface area contributed by atoms with E-state index in [1.54, 1.807) is 0 Å². The molecule has 0 N–H and O–H groups in total. The second-order valence-corrected chi connectivity index (χ2v) is 17.2. The Morgan fingerprint density at radius 3 is 2.39 bits per heavy atom. The van der Waals surface area contributed by atoms with Crippen molar-refractivity contribution < 1.29 is 14.3 Å². The summed E-state index contributed by atoms with van der Waals surface area (Å²) in [5, 5.41) is 0. The summed E-state index contributed by atoms with van der Waals surface area (Å²) in [6, 6.07) is 10.7. The van der Waals surface area contributed by atoms with Crippen molar-refractivity contribution in [1.82, 2.24) is 4.90 Å². The van der Waals surface area contributed by atoms with E-state index in [1.807, 2.05) is 0 Å². The summed E-state index contributed by atoms with van der Waals surface area (Å²) in [5.41, 5.74) is 2.20. The predicted octanol–water partition coefficient (Wildman–Crippen LogP) is 10.1. The van der Waals surface area contributed by atoms with Crippen molar-refractivity contribution in [3.8, 4) is 0 Å². The minimum atomic E-state index is 0.0958. The molecule has 1 aliphatic heterocycles. The van der Waals surface area contributed by atoms with Gasteiger partial charge in [-0.05, 0) is 129 Å². The first-order valence-electron chi connectivity index (χ1n) is 19.8. The van der Waals surface area contributed by atoms with Crippen LogP contribution in [0.25, 0.3) is 0 Å². The smallest absolute Gasteiger partial charge is 0.225 e. The lowest BCUT2D eigenvalue weighted by Gasteiger charge is -2.61. The van der Waals surface area contributed by atoms with Crippen molar-refractivity contribution in [1.29, 1.82) is 0 Å². The van der Waals surface area contributed by atoms with Gasteiger partial charge < -0.3 is 14.4 Å². The molecule has 0 spiro atoms. The van der Waals surface area contributed by atoms with E-state index in [-0.39, 0.29) is 5.92 Å². The van der Waals surface area contributed by atoms with Gasteiger partial charge in [-0.2, -0.15) is 0 Å². The Morgan fingerprint density at radius 1 is 0.957 bits per heavy atom. The fourth-order valence-corrected chi connectivity index (χ4v) is 12.1. The molecule has 1 amide bonds. The number of unbranched alkanes of at least 4 members (excludes halogenated alkanes) is 2. The SMILES string of the molecule is CCCCN(CCCC)C(=O)[C@@H](C)CC[C@H]1O[C@H]2C[C@H]3[C@@H]4CC[C@@H]5C[C@@H](OCc6ccccc6)CC[C@]5(C)[C@H]4CC[C@]3(C)[C@H]2[C@@H]1C. The zero-order chi connectivity index (χ0) is 32.5. The minimum Gasteiger partial charge on any atom is -0.374 e. The lowest BCUT2D eigenvalue weighted by Crippen LogP contribution is -2.54. The molecular formula is C42H67NO3. The van der Waals surface area contributed by atoms with Gasteiger partial charge in [0, 0.05) is 19.0 Å². The van der Waals surface area contributed by atoms with Crippen LogP contribution in [-0.4, -0.2) is 42.2 Å². The van der Waals surface area contributed by atoms with Crippen LogP contribution in [0, 0.1) is 52.3 Å². The number of nitrogens with zero attached hydrogens (tertiary/aromatic N) is 1. The van der Waals surface area contributed by atoms with Gasteiger partial charge in [0.1, 0.15) is 0 Å². The van der Waals surface area contributed by atoms with Gasteiger partial charge in [-0.3, -0.25) is 4.79 Å². The summed E-state index contributed by atoms with van der Waals surface area (Å²) in [5.74, 6) is 5.14. The summed E-state index contributed by atoms with van der Waals surface area (Å²) in [4.78, 5) is 15.6. The number of amides is 1. The molecular weight excluding hydrogens is 566 g/mol. The molecule has 258 valence electrons. The van der Waals surface area contributed by atoms with E-state index in [2.05, 4.69) is 76.8 Å². The largest absolute Gasteiger partial charge is 0.374 e. The molecule has 1 aromatic carbocycles. The molecule has 0 aromatic heterocycles. The summed E-state index contributed by atoms with van der Waals surface area (Å²) in [7, 11) is 0. The van der Waals surface area contributed by atoms with E-state index in [0.29, 0.717) is 46.9 Å². The first-order valence-corrected chi connectivity index (χ1v) is 19.8. The Hall–Kier alpha value is -1.39. The molecule has 4 heteroatoms. The third-order valence-electron chi connectivity index (χ3n) is 14.7. The van der Waals surface area contributed by atoms with E-state index in [4.69, 9.17) is 9.47 Å². The molecule has 4 nitrogen and oxygen atoms in total. The molecule has 5 aliphatic rings. The zero-order valence-electron chi connectivity index (χ0n) is 30.4. The average Bonchev–Trinajstić information content (AvgIpc) is 3.55. The predicted molar refractivity (Wildman–Crippen MR) is 188 cm³/mol. The van der Waals surface area contributed by atoms with E-state index >= 15 is 0 Å². The highest BCUT2D eigenvalue weighted by Gasteiger charge is 2.65. The highest BCUT2D eigenvalue weighted by atomic mass is 16.5. The number of hydrogen-bond acceptors (Lipinski definition) is 3. The maximum absolute atomic E-state index is 13.4. The van der Waals surface area contributed by atoms with Crippen LogP contribution in [0.5, 0.6) is 0 Å². The molecule has 12 atom stereocenters. The Morgan fingerprint density at radius 2 is 1.67 bits per heavy atom. The summed E-state index contributed by atoms with van der Waals surface area (Å²) in [6.07, 6.45) is 18.4. The Balaban J connectivity index is 1.04. The Labute approximate surface area is 282 Å². The van der Waals surface area contributed by atoms with E-state index in [1.165, 1.54) is 56.9 Å². The van der Waals surface area contributed by atoms with Gasteiger partial charge in [-0.15, -0.1) is 0 Å². The summed E-state index contributed by atoms with van der Waals surface area (Å²) >= 11 is 0. The van der Waals surface area contributed by atoms with Crippen LogP contribution in [0.2, 0.25) is 0 Å². The van der Waals surface area contributed by atoms with E-state index in [0.717, 1.165) is 81.9 Å². The molecule has 1 heterocycles. The van der Waals surface area contributed by atoms with Crippen molar-refractivity contribution in [2.24, 2.45) is 52.3 Å². The lowest BCUT2D eigenvalue weighted by atomic mass is 9.44. The summed E-state index contributed by atoms with van der Waals surface area (Å²) < 4.78 is 13.5. The second kappa shape index (κ2) is 14.6. The first kappa shape index (κ1) is 34.5. The Kier molecular flexibility index (Phi) is 11.0. The van der Waals surface area contributed by atoms with Gasteiger partial charge in [-0.25, -0.2) is 0 Å². The molecule has 1 aromatic rings. The highest BCUT2D eigenvalue weighted by molar-refractivity contribution is 5.78. The number of benzene rings is 1. The van der Waals surface area contributed by atoms with Crippen molar-refractivity contribution in [2.75, 3.05) is 13.1 Å². The van der Waals surface area contributed by atoms with Gasteiger partial charge in [0.15, 0.2) is 0 Å². The lowest BCUT2D eigenvalue weighted by molar-refractivity contribution is -0.139. The van der Waals surface area contributed by atoms with E-state index in [9.17, 15) is 4.79 Å². The van der Waals surface area contributed by atoms with Crippen LogP contribution in [0.1, 0.15) is 137 Å². The van der Waals surface area contributed by atoms with Gasteiger partial charge in [0.05, 0.1) is 24.9 Å². The molecule has 5 fully saturated rings. The van der Waals surface area contributed by atoms with E-state index < -0.39 is 0 Å². The standard InChI is InChI=1S/C42H67NO3/c1-7-9-24-43(25-10-8-2)40(44)29(3)16-19-37-30(4)39-38(46-37)27-36-34-18-17-32-26-33(45-28-31-14-12-11-13-15-31)20-22-41(32,5)35(34)21-23-42(36,39)6/h11-15,29-30,32-39H,7-10,16-28H2,1-6H3/t29-,30+,32+,33-,34+,35-,36-,37+,38-,39-,41-,42-/m0/s1. The number of rotatable bonds is 13. The monoisotopic (exact) mass is 634 g/mol. The fourth-order valence-electron chi connectivity index (χ4n) is 12.1. The van der Waals surface area contributed by atoms with Crippen molar-refractivity contribution in [3.05, 3.63) is 35.9 Å². The third kappa shape index (κ3) is 6.61. The van der Waals surface area contributed by atoms with Crippen LogP contribution >= 0.6 is 0 Å². The quantitative estimate of drug-likeness (QED) is 0.217. The van der Waals surface area contributed by atoms with Crippen LogP contribution < -0.4 is 0 Å². The molecule has 4 saturated carbocycles. The maximum Gasteiger partial charge on any atom is 0.225 e. The zero-order valence-corrected chi connectivity index (χ0v) is 30.4. The van der Waals surface area contributed by atoms with Crippen LogP contribution in [0.4, 0.5) is 0 Å². The third-order valence-corrected chi connectivity index (χ3v) is 14.7. The van der Waals surface area contributed by atoms with Crippen molar-refractivity contribution >= 4 is 5.91 Å². The second-order valence-electron chi connectivity index (χ2n) is 17.2. The molecule has 46 heavy (non-hydrogen) atoms. The molecule has 0 unspecified atom stereocenters. The van der Waals surface area contributed by atoms with Gasteiger partial charge >= 0.3 is 0 Å². The number of hydrogen-bond donors (Lipinski definition) is 0. The van der Waals surface area contributed by atoms with Crippen LogP contribution in [0.3, 0.4) is 0 Å². The molecule has 0 radical (unpaired) electrons. The number of carbonyl (C=O) groups is 1. The van der Waals surface area contributed by atoms with Gasteiger partial charge in [0.25, 0.3) is 0 Å². The number of carbonyl (C=O) groups excluding carboxylic acids is 1. The fraction of sp³-hybridized carbons (Fsp3) is 0.833. The maximum atomic E-state index is 13.4. The topological polar surface area (TPSA) is 38.8 Å². The molecule has 4 aliphatic carbocycles. The number of fused-ring (bicyclic) bond motifs is 7. The highest BCUT2D eigenvalue weighted by Crippen LogP contribution is 2.70. The molecule has 6 rings (SSSR count). The number of ether oxygens (including phenoxy) is 2. The van der Waals surface area contributed by atoms with Gasteiger partial charge in [-0.1, -0.05) is 84.7 Å². The molecule has 1 saturated heterocycles. The average molecular weight is 634 g/mol. The Bertz CT molecular complexity index is 1130. The van der Waals surface area contributed by atoms with Gasteiger partial charge in [0.2, 0.25) is 5.91 Å². The molecule has 0 bridgehead atoms. The first-order chi connectivity index (χ1) is 22.2. The van der Waals surface area contributed by atoms with Crippen molar-refractivity contribution in [3.63, 3.8) is 0 Å². The van der Waals surface area contributed by atoms with Crippen molar-refractivity contribution in [2.45, 2.75) is 156 Å². The van der Waals surface area contributed by atoms with Crippen LogP contribution in [-0.2, 0) is 20.9 Å².